The Morgan fingerprint density at radius 3 is 2.46 bits per heavy atom. The molecule has 0 spiro atoms. The first-order chi connectivity index (χ1) is 6.07. The van der Waals surface area contributed by atoms with Gasteiger partial charge in [-0.3, -0.25) is 9.59 Å². The van der Waals surface area contributed by atoms with Crippen molar-refractivity contribution in [2.45, 2.75) is 6.92 Å². The summed E-state index contributed by atoms with van der Waals surface area (Å²) in [6, 6.07) is 3.33. The van der Waals surface area contributed by atoms with Gasteiger partial charge in [0.2, 0.25) is 0 Å². The molecular formula is C9H6Br2O2. The topological polar surface area (TPSA) is 34.1 Å². The third-order valence-electron chi connectivity index (χ3n) is 1.60. The van der Waals surface area contributed by atoms with Gasteiger partial charge in [-0.25, -0.2) is 0 Å². The van der Waals surface area contributed by atoms with Crippen LogP contribution in [0.4, 0.5) is 0 Å². The van der Waals surface area contributed by atoms with Crippen LogP contribution in [-0.4, -0.2) is 12.1 Å². The van der Waals surface area contributed by atoms with Crippen molar-refractivity contribution in [3.8, 4) is 0 Å². The maximum atomic E-state index is 11.2. The van der Waals surface area contributed by atoms with E-state index in [-0.39, 0.29) is 5.78 Å². The molecule has 0 fully saturated rings. The highest BCUT2D eigenvalue weighted by Crippen LogP contribution is 2.28. The maximum absolute atomic E-state index is 11.2. The fourth-order valence-electron chi connectivity index (χ4n) is 0.982. The van der Waals surface area contributed by atoms with Gasteiger partial charge in [-0.05, 0) is 35.0 Å². The van der Waals surface area contributed by atoms with Gasteiger partial charge in [0, 0.05) is 20.1 Å². The van der Waals surface area contributed by atoms with Crippen molar-refractivity contribution < 1.29 is 9.59 Å². The lowest BCUT2D eigenvalue weighted by Gasteiger charge is -2.04. The molecule has 0 saturated carbocycles. The first-order valence-corrected chi connectivity index (χ1v) is 5.10. The first-order valence-electron chi connectivity index (χ1n) is 3.52. The summed E-state index contributed by atoms with van der Waals surface area (Å²) in [5.74, 6) is -0.0811. The van der Waals surface area contributed by atoms with Crippen LogP contribution in [0.5, 0.6) is 0 Å². The number of hydrogen-bond donors (Lipinski definition) is 0. The van der Waals surface area contributed by atoms with E-state index in [4.69, 9.17) is 0 Å². The van der Waals surface area contributed by atoms with Crippen LogP contribution in [0.1, 0.15) is 27.6 Å². The molecule has 1 aromatic carbocycles. The summed E-state index contributed by atoms with van der Waals surface area (Å²) in [4.78, 5) is 21.7. The van der Waals surface area contributed by atoms with Crippen molar-refractivity contribution in [2.75, 3.05) is 0 Å². The highest BCUT2D eigenvalue weighted by Gasteiger charge is 2.12. The van der Waals surface area contributed by atoms with Gasteiger partial charge in [-0.15, -0.1) is 0 Å². The van der Waals surface area contributed by atoms with Crippen molar-refractivity contribution in [1.29, 1.82) is 0 Å². The van der Waals surface area contributed by atoms with Crippen molar-refractivity contribution >= 4 is 43.9 Å². The van der Waals surface area contributed by atoms with Crippen molar-refractivity contribution in [2.24, 2.45) is 0 Å². The maximum Gasteiger partial charge on any atom is 0.162 e. The normalized spacial score (nSPS) is 9.77. The Labute approximate surface area is 92.6 Å². The van der Waals surface area contributed by atoms with E-state index in [9.17, 15) is 9.59 Å². The van der Waals surface area contributed by atoms with Crippen LogP contribution < -0.4 is 0 Å². The Morgan fingerprint density at radius 2 is 2.00 bits per heavy atom. The van der Waals surface area contributed by atoms with E-state index in [1.54, 1.807) is 12.1 Å². The van der Waals surface area contributed by atoms with Crippen molar-refractivity contribution in [3.63, 3.8) is 0 Å². The number of carbonyl (C=O) groups is 2. The zero-order valence-corrected chi connectivity index (χ0v) is 9.98. The number of halogens is 2. The number of hydrogen-bond acceptors (Lipinski definition) is 2. The van der Waals surface area contributed by atoms with Gasteiger partial charge in [-0.2, -0.15) is 0 Å². The molecule has 0 amide bonds. The molecule has 0 aromatic heterocycles. The lowest BCUT2D eigenvalue weighted by atomic mass is 10.1. The van der Waals surface area contributed by atoms with Gasteiger partial charge in [0.15, 0.2) is 12.1 Å². The van der Waals surface area contributed by atoms with E-state index in [1.807, 2.05) is 0 Å². The molecule has 68 valence electrons. The van der Waals surface area contributed by atoms with E-state index in [2.05, 4.69) is 31.9 Å². The van der Waals surface area contributed by atoms with Crippen LogP contribution in [0.15, 0.2) is 21.1 Å². The Bertz CT molecular complexity index is 372. The van der Waals surface area contributed by atoms with E-state index < -0.39 is 0 Å². The molecule has 0 heterocycles. The van der Waals surface area contributed by atoms with E-state index in [0.717, 1.165) is 0 Å². The zero-order valence-electron chi connectivity index (χ0n) is 6.80. The molecule has 0 atom stereocenters. The van der Waals surface area contributed by atoms with Gasteiger partial charge in [-0.1, -0.05) is 15.9 Å². The van der Waals surface area contributed by atoms with Gasteiger partial charge >= 0.3 is 0 Å². The molecule has 0 N–H and O–H groups in total. The summed E-state index contributed by atoms with van der Waals surface area (Å²) < 4.78 is 1.24. The summed E-state index contributed by atoms with van der Waals surface area (Å²) in [6.07, 6.45) is 0.711. The summed E-state index contributed by atoms with van der Waals surface area (Å²) in [7, 11) is 0. The highest BCUT2D eigenvalue weighted by atomic mass is 79.9. The monoisotopic (exact) mass is 304 g/mol. The van der Waals surface area contributed by atoms with Crippen LogP contribution in [0.25, 0.3) is 0 Å². The third-order valence-corrected chi connectivity index (χ3v) is 3.12. The molecule has 2 nitrogen and oxygen atoms in total. The molecular weight excluding hydrogens is 300 g/mol. The van der Waals surface area contributed by atoms with Crippen LogP contribution >= 0.6 is 31.9 Å². The van der Waals surface area contributed by atoms with Crippen molar-refractivity contribution in [3.05, 3.63) is 32.2 Å². The molecule has 4 heteroatoms. The number of benzene rings is 1. The fraction of sp³-hybridized carbons (Fsp3) is 0.111. The van der Waals surface area contributed by atoms with E-state index >= 15 is 0 Å². The smallest absolute Gasteiger partial charge is 0.162 e. The third kappa shape index (κ3) is 2.06. The standard InChI is InChI=1S/C9H6Br2O2/c1-5(13)8-7(10)3-2-6(4-12)9(8)11/h2-4H,1H3. The molecule has 0 aliphatic heterocycles. The number of carbonyl (C=O) groups excluding carboxylic acids is 2. The number of Topliss-reactive ketones (excluding diaryl/α,β-unsaturated/α-hetero) is 1. The quantitative estimate of drug-likeness (QED) is 0.621. The minimum atomic E-state index is -0.0811. The predicted octanol–water partition coefficient (Wildman–Crippen LogP) is 3.23. The zero-order chi connectivity index (χ0) is 10.0. The Morgan fingerprint density at radius 1 is 1.38 bits per heavy atom. The van der Waals surface area contributed by atoms with Crippen LogP contribution in [-0.2, 0) is 0 Å². The summed E-state index contributed by atoms with van der Waals surface area (Å²) in [5, 5.41) is 0. The highest BCUT2D eigenvalue weighted by molar-refractivity contribution is 9.11. The van der Waals surface area contributed by atoms with Gasteiger partial charge in [0.05, 0.1) is 0 Å². The van der Waals surface area contributed by atoms with Gasteiger partial charge < -0.3 is 0 Å². The second kappa shape index (κ2) is 4.15. The van der Waals surface area contributed by atoms with Gasteiger partial charge in [0.1, 0.15) is 0 Å². The molecule has 1 rings (SSSR count). The average molecular weight is 306 g/mol. The number of ketones is 1. The first kappa shape index (κ1) is 10.6. The Balaban J connectivity index is 3.47. The lowest BCUT2D eigenvalue weighted by molar-refractivity contribution is 0.101. The summed E-state index contributed by atoms with van der Waals surface area (Å²) >= 11 is 6.46. The van der Waals surface area contributed by atoms with Gasteiger partial charge in [0.25, 0.3) is 0 Å². The molecule has 0 saturated heterocycles. The lowest BCUT2D eigenvalue weighted by Crippen LogP contribution is -1.98. The molecule has 13 heavy (non-hydrogen) atoms. The molecule has 0 bridgehead atoms. The van der Waals surface area contributed by atoms with Crippen LogP contribution in [0.3, 0.4) is 0 Å². The Kier molecular flexibility index (Phi) is 3.39. The molecule has 0 unspecified atom stereocenters. The number of rotatable bonds is 2. The van der Waals surface area contributed by atoms with Crippen LogP contribution in [0.2, 0.25) is 0 Å². The number of aldehydes is 1. The molecule has 1 aromatic rings. The molecule has 0 aliphatic carbocycles. The fourth-order valence-corrected chi connectivity index (χ4v) is 2.58. The predicted molar refractivity (Wildman–Crippen MR) is 57.2 cm³/mol. The van der Waals surface area contributed by atoms with Crippen LogP contribution in [0, 0.1) is 0 Å². The largest absolute Gasteiger partial charge is 0.298 e. The summed E-state index contributed by atoms with van der Waals surface area (Å²) in [5.41, 5.74) is 0.984. The second-order valence-electron chi connectivity index (χ2n) is 2.50. The average Bonchev–Trinajstić information content (AvgIpc) is 2.04. The second-order valence-corrected chi connectivity index (χ2v) is 4.15. The molecule has 0 aliphatic rings. The Hall–Kier alpha value is -0.480. The SMILES string of the molecule is CC(=O)c1c(Br)ccc(C=O)c1Br. The molecule has 0 radical (unpaired) electrons. The summed E-state index contributed by atoms with van der Waals surface area (Å²) in [6.45, 7) is 1.46. The van der Waals surface area contributed by atoms with E-state index in [0.29, 0.717) is 26.4 Å². The minimum absolute atomic E-state index is 0.0811. The van der Waals surface area contributed by atoms with Crippen molar-refractivity contribution in [1.82, 2.24) is 0 Å². The minimum Gasteiger partial charge on any atom is -0.298 e. The van der Waals surface area contributed by atoms with E-state index in [1.165, 1.54) is 6.92 Å².